The Morgan fingerprint density at radius 3 is 2.27 bits per heavy atom. The SMILES string of the molecule is Cc1ccc([C@@]2(C)NC(=O)N(CC(=O)NC(=O)NC(C)(C)C)C2=O)cc1. The number of urea groups is 2. The highest BCUT2D eigenvalue weighted by Crippen LogP contribution is 2.28. The van der Waals surface area contributed by atoms with Gasteiger partial charge in [0, 0.05) is 5.54 Å². The first kappa shape index (κ1) is 19.4. The van der Waals surface area contributed by atoms with Crippen LogP contribution in [0.4, 0.5) is 9.59 Å². The summed E-state index contributed by atoms with van der Waals surface area (Å²) in [5.74, 6) is -1.29. The molecule has 8 nitrogen and oxygen atoms in total. The zero-order valence-electron chi connectivity index (χ0n) is 15.6. The van der Waals surface area contributed by atoms with Crippen LogP contribution in [0.15, 0.2) is 24.3 Å². The molecule has 26 heavy (non-hydrogen) atoms. The van der Waals surface area contributed by atoms with Gasteiger partial charge in [-0.15, -0.1) is 0 Å². The summed E-state index contributed by atoms with van der Waals surface area (Å²) in [6, 6.07) is 5.83. The van der Waals surface area contributed by atoms with Crippen molar-refractivity contribution in [3.05, 3.63) is 35.4 Å². The van der Waals surface area contributed by atoms with Crippen LogP contribution in [0.3, 0.4) is 0 Å². The fourth-order valence-electron chi connectivity index (χ4n) is 2.60. The van der Waals surface area contributed by atoms with E-state index in [-0.39, 0.29) is 0 Å². The van der Waals surface area contributed by atoms with E-state index >= 15 is 0 Å². The molecule has 1 aromatic rings. The summed E-state index contributed by atoms with van der Waals surface area (Å²) in [4.78, 5) is 49.5. The first-order chi connectivity index (χ1) is 11.9. The van der Waals surface area contributed by atoms with E-state index in [2.05, 4.69) is 16.0 Å². The van der Waals surface area contributed by atoms with Gasteiger partial charge >= 0.3 is 12.1 Å². The Hall–Kier alpha value is -2.90. The van der Waals surface area contributed by atoms with Crippen LogP contribution in [0.2, 0.25) is 0 Å². The Bertz CT molecular complexity index is 751. The van der Waals surface area contributed by atoms with Crippen molar-refractivity contribution in [2.75, 3.05) is 6.54 Å². The summed E-state index contributed by atoms with van der Waals surface area (Å²) in [7, 11) is 0. The van der Waals surface area contributed by atoms with Crippen molar-refractivity contribution < 1.29 is 19.2 Å². The third-order valence-corrected chi connectivity index (χ3v) is 3.95. The smallest absolute Gasteiger partial charge is 0.325 e. The molecule has 1 aliphatic heterocycles. The maximum atomic E-state index is 12.7. The van der Waals surface area contributed by atoms with Crippen LogP contribution in [0, 0.1) is 6.92 Å². The number of carbonyl (C=O) groups excluding carboxylic acids is 4. The average Bonchev–Trinajstić information content (AvgIpc) is 2.70. The number of imide groups is 2. The molecule has 2 rings (SSSR count). The number of amides is 6. The predicted molar refractivity (Wildman–Crippen MR) is 95.2 cm³/mol. The van der Waals surface area contributed by atoms with Gasteiger partial charge < -0.3 is 10.6 Å². The molecule has 1 aliphatic rings. The molecule has 0 spiro atoms. The lowest BCUT2D eigenvalue weighted by Crippen LogP contribution is -2.51. The first-order valence-electron chi connectivity index (χ1n) is 8.25. The molecule has 140 valence electrons. The van der Waals surface area contributed by atoms with Gasteiger partial charge in [0.25, 0.3) is 5.91 Å². The number of carbonyl (C=O) groups is 4. The van der Waals surface area contributed by atoms with Crippen LogP contribution in [-0.4, -0.2) is 40.9 Å². The Kier molecular flexibility index (Phi) is 5.06. The van der Waals surface area contributed by atoms with Crippen molar-refractivity contribution in [3.8, 4) is 0 Å². The molecule has 3 N–H and O–H groups in total. The van der Waals surface area contributed by atoms with E-state index < -0.39 is 41.5 Å². The lowest BCUT2D eigenvalue weighted by atomic mass is 9.91. The Labute approximate surface area is 152 Å². The van der Waals surface area contributed by atoms with Crippen molar-refractivity contribution in [2.45, 2.75) is 45.7 Å². The topological polar surface area (TPSA) is 108 Å². The van der Waals surface area contributed by atoms with Crippen LogP contribution in [0.25, 0.3) is 0 Å². The maximum absolute atomic E-state index is 12.7. The van der Waals surface area contributed by atoms with Crippen LogP contribution in [-0.2, 0) is 15.1 Å². The number of hydrogen-bond donors (Lipinski definition) is 3. The zero-order chi connectivity index (χ0) is 19.7. The second-order valence-corrected chi connectivity index (χ2v) is 7.56. The number of hydrogen-bond acceptors (Lipinski definition) is 4. The molecule has 1 heterocycles. The van der Waals surface area contributed by atoms with E-state index in [1.807, 2.05) is 19.1 Å². The largest absolute Gasteiger partial charge is 0.333 e. The standard InChI is InChI=1S/C18H24N4O4/c1-11-6-8-12(9-7-11)18(5)14(24)22(16(26)21-18)10-13(23)19-15(25)20-17(2,3)4/h6-9H,10H2,1-5H3,(H,21,26)(H2,19,20,23,25)/t18-/m1/s1. The molecular weight excluding hydrogens is 336 g/mol. The van der Waals surface area contributed by atoms with Crippen molar-refractivity contribution in [1.29, 1.82) is 0 Å². The van der Waals surface area contributed by atoms with Crippen LogP contribution < -0.4 is 16.0 Å². The number of nitrogens with zero attached hydrogens (tertiary/aromatic N) is 1. The van der Waals surface area contributed by atoms with E-state index in [0.717, 1.165) is 10.5 Å². The molecule has 1 atom stereocenters. The number of benzene rings is 1. The maximum Gasteiger partial charge on any atom is 0.325 e. The normalized spacial score (nSPS) is 20.0. The van der Waals surface area contributed by atoms with Gasteiger partial charge in [-0.05, 0) is 40.2 Å². The molecule has 0 aromatic heterocycles. The molecule has 0 aliphatic carbocycles. The third-order valence-electron chi connectivity index (χ3n) is 3.95. The monoisotopic (exact) mass is 360 g/mol. The fraction of sp³-hybridized carbons (Fsp3) is 0.444. The molecule has 0 bridgehead atoms. The van der Waals surface area contributed by atoms with Gasteiger partial charge in [-0.3, -0.25) is 19.8 Å². The van der Waals surface area contributed by atoms with Crippen molar-refractivity contribution in [2.24, 2.45) is 0 Å². The fourth-order valence-corrected chi connectivity index (χ4v) is 2.60. The van der Waals surface area contributed by atoms with E-state index in [1.165, 1.54) is 0 Å². The summed E-state index contributed by atoms with van der Waals surface area (Å²) in [5, 5.41) is 7.31. The van der Waals surface area contributed by atoms with Gasteiger partial charge in [0.05, 0.1) is 0 Å². The third kappa shape index (κ3) is 4.19. The van der Waals surface area contributed by atoms with E-state index in [1.54, 1.807) is 39.8 Å². The minimum atomic E-state index is -1.25. The first-order valence-corrected chi connectivity index (χ1v) is 8.25. The molecule has 0 unspecified atom stereocenters. The lowest BCUT2D eigenvalue weighted by Gasteiger charge is -2.22. The second-order valence-electron chi connectivity index (χ2n) is 7.56. The molecule has 1 aromatic carbocycles. The number of nitrogens with one attached hydrogen (secondary N) is 3. The molecule has 0 saturated carbocycles. The van der Waals surface area contributed by atoms with Gasteiger partial charge in [0.1, 0.15) is 12.1 Å². The van der Waals surface area contributed by atoms with Gasteiger partial charge in [-0.25, -0.2) is 9.59 Å². The highest BCUT2D eigenvalue weighted by Gasteiger charge is 2.49. The second kappa shape index (κ2) is 6.78. The van der Waals surface area contributed by atoms with Crippen molar-refractivity contribution in [1.82, 2.24) is 20.9 Å². The average molecular weight is 360 g/mol. The number of rotatable bonds is 3. The van der Waals surface area contributed by atoms with Crippen molar-refractivity contribution >= 4 is 23.9 Å². The summed E-state index contributed by atoms with van der Waals surface area (Å²) >= 11 is 0. The van der Waals surface area contributed by atoms with Crippen molar-refractivity contribution in [3.63, 3.8) is 0 Å². The molecule has 8 heteroatoms. The Balaban J connectivity index is 2.08. The molecule has 0 radical (unpaired) electrons. The summed E-state index contributed by atoms with van der Waals surface area (Å²) in [6.45, 7) is 8.26. The van der Waals surface area contributed by atoms with Crippen LogP contribution in [0.1, 0.15) is 38.8 Å². The predicted octanol–water partition coefficient (Wildman–Crippen LogP) is 1.39. The minimum Gasteiger partial charge on any atom is -0.333 e. The zero-order valence-corrected chi connectivity index (χ0v) is 15.6. The molecule has 1 fully saturated rings. The van der Waals surface area contributed by atoms with E-state index in [4.69, 9.17) is 0 Å². The number of aryl methyl sites for hydroxylation is 1. The molecule has 1 saturated heterocycles. The molecule has 6 amide bonds. The quantitative estimate of drug-likeness (QED) is 0.708. The van der Waals surface area contributed by atoms with Gasteiger partial charge in [0.15, 0.2) is 0 Å². The van der Waals surface area contributed by atoms with Gasteiger partial charge in [-0.2, -0.15) is 0 Å². The van der Waals surface area contributed by atoms with Gasteiger partial charge in [0.2, 0.25) is 5.91 Å². The van der Waals surface area contributed by atoms with Gasteiger partial charge in [-0.1, -0.05) is 29.8 Å². The Morgan fingerprint density at radius 2 is 1.73 bits per heavy atom. The summed E-state index contributed by atoms with van der Waals surface area (Å²) in [6.07, 6.45) is 0. The van der Waals surface area contributed by atoms with Crippen LogP contribution >= 0.6 is 0 Å². The highest BCUT2D eigenvalue weighted by atomic mass is 16.2. The van der Waals surface area contributed by atoms with E-state index in [9.17, 15) is 19.2 Å². The highest BCUT2D eigenvalue weighted by molar-refractivity contribution is 6.10. The Morgan fingerprint density at radius 1 is 1.15 bits per heavy atom. The van der Waals surface area contributed by atoms with E-state index in [0.29, 0.717) is 5.56 Å². The lowest BCUT2D eigenvalue weighted by molar-refractivity contribution is -0.134. The van der Waals surface area contributed by atoms with Crippen LogP contribution in [0.5, 0.6) is 0 Å². The minimum absolute atomic E-state index is 0.519. The summed E-state index contributed by atoms with van der Waals surface area (Å²) < 4.78 is 0. The summed E-state index contributed by atoms with van der Waals surface area (Å²) in [5.41, 5.74) is -0.126. The molecular formula is C18H24N4O4.